The smallest absolute Gasteiger partial charge is 0.387 e. The second kappa shape index (κ2) is 15.1. The van der Waals surface area contributed by atoms with Gasteiger partial charge in [-0.1, -0.05) is 9.97 Å². The molecule has 0 radical (unpaired) electrons. The molecule has 6 heterocycles. The van der Waals surface area contributed by atoms with Crippen LogP contribution < -0.4 is 31.7 Å². The number of anilines is 2. The summed E-state index contributed by atoms with van der Waals surface area (Å²) in [5.74, 6) is -0.455. The van der Waals surface area contributed by atoms with Crippen LogP contribution in [0.15, 0.2) is 22.2 Å². The van der Waals surface area contributed by atoms with Crippen molar-refractivity contribution >= 4 is 57.7 Å². The van der Waals surface area contributed by atoms with Crippen LogP contribution in [0.3, 0.4) is 0 Å². The molecule has 2 aliphatic rings. The lowest BCUT2D eigenvalue weighted by Gasteiger charge is -2.21. The molecule has 0 aromatic carbocycles. The Hall–Kier alpha value is -3.53. The molecule has 4 aromatic rings. The number of ether oxygens (including phenoxy) is 4. The Morgan fingerprint density at radius 2 is 1.11 bits per heavy atom. The number of aliphatic hydroxyl groups is 2. The molecule has 6 rings (SSSR count). The van der Waals surface area contributed by atoms with Gasteiger partial charge in [0, 0.05) is 14.2 Å². The van der Waals surface area contributed by atoms with Crippen LogP contribution in [0.2, 0.25) is 0 Å². The van der Waals surface area contributed by atoms with Gasteiger partial charge in [-0.15, -0.1) is 0 Å². The highest BCUT2D eigenvalue weighted by atomic mass is 31.3. The van der Waals surface area contributed by atoms with Crippen molar-refractivity contribution in [2.24, 2.45) is 14.1 Å². The number of phosphoric ester groups is 2. The van der Waals surface area contributed by atoms with Gasteiger partial charge in [-0.2, -0.15) is 8.62 Å². The van der Waals surface area contributed by atoms with E-state index in [1.165, 1.54) is 59.2 Å². The minimum atomic E-state index is -5.96. The van der Waals surface area contributed by atoms with Gasteiger partial charge >= 0.3 is 34.8 Å². The van der Waals surface area contributed by atoms with E-state index in [4.69, 9.17) is 39.5 Å². The number of nitrogen functional groups attached to an aromatic ring is 2. The van der Waals surface area contributed by atoms with Gasteiger partial charge in [0.15, 0.2) is 12.7 Å². The number of H-pyrrole nitrogens is 2. The average molecular weight is 847 g/mol. The number of aromatic nitrogens is 8. The fourth-order valence-electron chi connectivity index (χ4n) is 6.24. The van der Waals surface area contributed by atoms with Crippen molar-refractivity contribution < 1.29 is 84.3 Å². The lowest BCUT2D eigenvalue weighted by atomic mass is 10.1. The molecule has 2 unspecified atom stereocenters. The first kappa shape index (κ1) is 41.1. The fourth-order valence-corrected chi connectivity index (χ4v) is 9.76. The molecule has 28 nitrogen and oxygen atoms in total. The Bertz CT molecular complexity index is 2210. The van der Waals surface area contributed by atoms with E-state index in [1.807, 2.05) is 0 Å². The molecule has 11 N–H and O–H groups in total. The van der Waals surface area contributed by atoms with E-state index in [0.29, 0.717) is 0 Å². The average Bonchev–Trinajstić information content (AvgIpc) is 3.77. The number of nitrogens with zero attached hydrogens (tertiary/aromatic N) is 6. The van der Waals surface area contributed by atoms with E-state index in [2.05, 4.69) is 28.6 Å². The third-order valence-corrected chi connectivity index (χ3v) is 12.8. The monoisotopic (exact) mass is 846 g/mol. The van der Waals surface area contributed by atoms with Gasteiger partial charge in [-0.3, -0.25) is 37.7 Å². The molecule has 55 heavy (non-hydrogen) atoms. The van der Waals surface area contributed by atoms with Crippen LogP contribution in [0.5, 0.6) is 0 Å². The minimum Gasteiger partial charge on any atom is -0.387 e. The van der Waals surface area contributed by atoms with Gasteiger partial charge < -0.3 is 55.3 Å². The number of phosphoric acid groups is 3. The Morgan fingerprint density at radius 3 is 1.45 bits per heavy atom. The van der Waals surface area contributed by atoms with Crippen LogP contribution in [-0.2, 0) is 64.4 Å². The van der Waals surface area contributed by atoms with E-state index in [0.717, 1.165) is 0 Å². The molecule has 2 saturated heterocycles. The van der Waals surface area contributed by atoms with Crippen LogP contribution in [-0.4, -0.2) is 118 Å². The van der Waals surface area contributed by atoms with Crippen LogP contribution in [0, 0.1) is 0 Å². The van der Waals surface area contributed by atoms with Gasteiger partial charge in [0.05, 0.1) is 27.3 Å². The summed E-state index contributed by atoms with van der Waals surface area (Å²) in [4.78, 5) is 68.2. The minimum absolute atomic E-state index is 0.0338. The Kier molecular flexibility index (Phi) is 11.3. The van der Waals surface area contributed by atoms with Crippen LogP contribution in [0.25, 0.3) is 22.3 Å². The van der Waals surface area contributed by atoms with Crippen molar-refractivity contribution in [3.05, 3.63) is 33.4 Å². The summed E-state index contributed by atoms with van der Waals surface area (Å²) < 4.78 is 83.3. The lowest BCUT2D eigenvalue weighted by Crippen LogP contribution is -2.47. The number of rotatable bonds is 14. The molecule has 0 aliphatic carbocycles. The molecule has 0 spiro atoms. The van der Waals surface area contributed by atoms with Crippen molar-refractivity contribution in [3.63, 3.8) is 0 Å². The number of nitrogens with one attached hydrogen (secondary N) is 2. The second-order valence-corrected chi connectivity index (χ2v) is 16.8. The first-order chi connectivity index (χ1) is 25.7. The summed E-state index contributed by atoms with van der Waals surface area (Å²) in [5, 5.41) is 21.7. The standard InChI is InChI=1S/C24H35N10O18P3/c1-31-7-33(17-11(31)19(37)29-23(25)27-17)21-15(45-3)13(35)9(49-21)5-47-53(39,40)51-55(43,44)52-54(41,42)48-6-10-14(36)16(46-4)22(50-10)34-8-32(2)12-18(34)28-24(26)30-20(12)38/h7-10,13-16,21-22,35-36H,5-6H2,1-4H3,(H7-2,25,26,27,28,29,30,37,38,39,40,41,42,43,44)/p+2/t9-,10-,13-,14-,15-,16-,21-,22-/m1/s1. The van der Waals surface area contributed by atoms with Gasteiger partial charge in [0.2, 0.25) is 23.5 Å². The highest BCUT2D eigenvalue weighted by Gasteiger charge is 2.52. The zero-order chi connectivity index (χ0) is 40.4. The molecule has 2 aliphatic heterocycles. The summed E-state index contributed by atoms with van der Waals surface area (Å²) >= 11 is 0. The van der Waals surface area contributed by atoms with E-state index >= 15 is 0 Å². The van der Waals surface area contributed by atoms with E-state index in [1.54, 1.807) is 0 Å². The van der Waals surface area contributed by atoms with Crippen LogP contribution >= 0.6 is 23.5 Å². The topological polar surface area (TPSA) is 387 Å². The van der Waals surface area contributed by atoms with Crippen molar-refractivity contribution in [3.8, 4) is 0 Å². The van der Waals surface area contributed by atoms with E-state index < -0.39 is 96.9 Å². The predicted molar refractivity (Wildman–Crippen MR) is 177 cm³/mol. The normalized spacial score (nSPS) is 29.1. The first-order valence-corrected chi connectivity index (χ1v) is 20.1. The highest BCUT2D eigenvalue weighted by Crippen LogP contribution is 2.67. The highest BCUT2D eigenvalue weighted by molar-refractivity contribution is 7.66. The number of aromatic amines is 2. The number of aliphatic hydroxyl groups excluding tert-OH is 2. The molecular formula is C24H37N10O18P3+2. The molecular weight excluding hydrogens is 809 g/mol. The number of methoxy groups -OCH3 is 2. The molecule has 31 heteroatoms. The summed E-state index contributed by atoms with van der Waals surface area (Å²) in [5.41, 5.74) is 10.4. The Balaban J connectivity index is 1.07. The largest absolute Gasteiger partial charge is 0.490 e. The molecule has 0 bridgehead atoms. The molecule has 10 atom stereocenters. The van der Waals surface area contributed by atoms with Crippen LogP contribution in [0.4, 0.5) is 11.9 Å². The summed E-state index contributed by atoms with van der Waals surface area (Å²) in [6, 6.07) is 0. The summed E-state index contributed by atoms with van der Waals surface area (Å²) in [6.45, 7) is -1.96. The van der Waals surface area contributed by atoms with Gasteiger partial charge in [0.1, 0.15) is 36.6 Å². The molecule has 2 fully saturated rings. The van der Waals surface area contributed by atoms with E-state index in [-0.39, 0.29) is 34.2 Å². The molecule has 4 aromatic heterocycles. The van der Waals surface area contributed by atoms with Crippen LogP contribution in [0.1, 0.15) is 12.5 Å². The van der Waals surface area contributed by atoms with Crippen molar-refractivity contribution in [2.45, 2.75) is 49.1 Å². The zero-order valence-corrected chi connectivity index (χ0v) is 31.6. The maximum Gasteiger partial charge on any atom is 0.490 e. The Labute approximate surface area is 306 Å². The quantitative estimate of drug-likeness (QED) is 0.0434. The molecule has 0 amide bonds. The predicted octanol–water partition coefficient (Wildman–Crippen LogP) is -3.81. The third kappa shape index (κ3) is 8.17. The summed E-state index contributed by atoms with van der Waals surface area (Å²) in [7, 11) is -11.8. The lowest BCUT2D eigenvalue weighted by molar-refractivity contribution is -0.746. The number of aryl methyl sites for hydroxylation is 2. The number of hydrogen-bond donors (Lipinski definition) is 9. The van der Waals surface area contributed by atoms with Crippen molar-refractivity contribution in [2.75, 3.05) is 38.9 Å². The van der Waals surface area contributed by atoms with Gasteiger partial charge in [0.25, 0.3) is 23.0 Å². The third-order valence-electron chi connectivity index (χ3n) is 8.51. The number of fused-ring (bicyclic) bond motifs is 2. The number of imidazole rings is 2. The number of nitrogens with two attached hydrogens (primary N) is 2. The van der Waals surface area contributed by atoms with Gasteiger partial charge in [-0.25, -0.2) is 22.8 Å². The second-order valence-electron chi connectivity index (χ2n) is 12.2. The molecule has 304 valence electrons. The Morgan fingerprint density at radius 1 is 0.745 bits per heavy atom. The first-order valence-electron chi connectivity index (χ1n) is 15.6. The van der Waals surface area contributed by atoms with E-state index in [9.17, 15) is 48.2 Å². The summed E-state index contributed by atoms with van der Waals surface area (Å²) in [6.07, 6.45) is -8.07. The number of hydrogen-bond acceptors (Lipinski definition) is 19. The SMILES string of the molecule is CO[C@@H]1[C@H](O)[C@@H](COP(=O)(O)OP(=O)(O)OP(=O)(O)OC[C@H]2O[C@@H]([n+]3cn(C)c4c(=O)[nH]c(N)nc43)[C@H](OC)[C@@H]2O)O[C@H]1[n+]1cn(C)c2c(=O)[nH]c(N)nc21. The zero-order valence-electron chi connectivity index (χ0n) is 28.9. The van der Waals surface area contributed by atoms with Gasteiger partial charge in [-0.05, 0) is 0 Å². The van der Waals surface area contributed by atoms with Crippen molar-refractivity contribution in [1.29, 1.82) is 0 Å². The maximum absolute atomic E-state index is 12.7. The fraction of sp³-hybridized carbons (Fsp3) is 0.583. The molecule has 0 saturated carbocycles. The van der Waals surface area contributed by atoms with Crippen molar-refractivity contribution in [1.82, 2.24) is 29.1 Å². The maximum atomic E-state index is 12.7.